The first kappa shape index (κ1) is 15.2. The van der Waals surface area contributed by atoms with Crippen molar-refractivity contribution in [3.63, 3.8) is 0 Å². The molecule has 1 atom stereocenters. The third kappa shape index (κ3) is 3.90. The van der Waals surface area contributed by atoms with Crippen LogP contribution in [0.15, 0.2) is 24.3 Å². The van der Waals surface area contributed by atoms with Gasteiger partial charge in [-0.1, -0.05) is 12.1 Å². The molecule has 20 heavy (non-hydrogen) atoms. The quantitative estimate of drug-likeness (QED) is 0.849. The van der Waals surface area contributed by atoms with E-state index in [1.165, 1.54) is 6.07 Å². The topological polar surface area (TPSA) is 21.7 Å². The molecule has 5 heteroatoms. The molecule has 1 aromatic rings. The monoisotopic (exact) mass is 285 g/mol. The van der Waals surface area contributed by atoms with Gasteiger partial charge in [0.1, 0.15) is 5.75 Å². The Kier molecular flexibility index (Phi) is 4.60. The SMILES string of the molecule is CC(C)(C)N1CCOC(c2cccc(OC(F)F)c2)C1. The molecule has 0 radical (unpaired) electrons. The molecule has 1 heterocycles. The molecule has 1 unspecified atom stereocenters. The van der Waals surface area contributed by atoms with Crippen molar-refractivity contribution >= 4 is 0 Å². The predicted molar refractivity (Wildman–Crippen MR) is 73.1 cm³/mol. The van der Waals surface area contributed by atoms with Crippen molar-refractivity contribution in [2.24, 2.45) is 0 Å². The first-order valence-corrected chi connectivity index (χ1v) is 6.77. The number of hydrogen-bond donors (Lipinski definition) is 0. The van der Waals surface area contributed by atoms with E-state index in [-0.39, 0.29) is 17.4 Å². The third-order valence-electron chi connectivity index (χ3n) is 3.47. The molecule has 0 saturated carbocycles. The molecule has 1 aromatic carbocycles. The Morgan fingerprint density at radius 2 is 2.10 bits per heavy atom. The molecule has 0 spiro atoms. The summed E-state index contributed by atoms with van der Waals surface area (Å²) in [5, 5.41) is 0. The number of nitrogens with zero attached hydrogens (tertiary/aromatic N) is 1. The highest BCUT2D eigenvalue weighted by atomic mass is 19.3. The van der Waals surface area contributed by atoms with Crippen molar-refractivity contribution in [1.82, 2.24) is 4.90 Å². The second kappa shape index (κ2) is 6.06. The smallest absolute Gasteiger partial charge is 0.387 e. The summed E-state index contributed by atoms with van der Waals surface area (Å²) < 4.78 is 34.7. The molecule has 1 saturated heterocycles. The molecule has 1 fully saturated rings. The van der Waals surface area contributed by atoms with Gasteiger partial charge in [-0.2, -0.15) is 8.78 Å². The molecule has 1 aliphatic rings. The van der Waals surface area contributed by atoms with Gasteiger partial charge in [-0.3, -0.25) is 4.90 Å². The standard InChI is InChI=1S/C15H21F2NO2/c1-15(2,3)18-7-8-19-13(10-18)11-5-4-6-12(9-11)20-14(16)17/h4-6,9,13-14H,7-8,10H2,1-3H3. The van der Waals surface area contributed by atoms with Gasteiger partial charge in [-0.25, -0.2) is 0 Å². The fourth-order valence-corrected chi connectivity index (χ4v) is 2.35. The average Bonchev–Trinajstić information content (AvgIpc) is 2.37. The van der Waals surface area contributed by atoms with Crippen LogP contribution < -0.4 is 4.74 Å². The molecule has 112 valence electrons. The van der Waals surface area contributed by atoms with E-state index >= 15 is 0 Å². The lowest BCUT2D eigenvalue weighted by Gasteiger charge is -2.41. The van der Waals surface area contributed by atoms with Crippen molar-refractivity contribution < 1.29 is 18.3 Å². The molecular weight excluding hydrogens is 264 g/mol. The van der Waals surface area contributed by atoms with Gasteiger partial charge < -0.3 is 9.47 Å². The van der Waals surface area contributed by atoms with E-state index in [0.717, 1.165) is 18.7 Å². The molecule has 0 amide bonds. The zero-order chi connectivity index (χ0) is 14.8. The zero-order valence-corrected chi connectivity index (χ0v) is 12.1. The van der Waals surface area contributed by atoms with Crippen LogP contribution in [0.5, 0.6) is 5.75 Å². The summed E-state index contributed by atoms with van der Waals surface area (Å²) in [7, 11) is 0. The average molecular weight is 285 g/mol. The van der Waals surface area contributed by atoms with Gasteiger partial charge in [0.25, 0.3) is 0 Å². The van der Waals surface area contributed by atoms with Gasteiger partial charge in [0.05, 0.1) is 12.7 Å². The Balaban J connectivity index is 2.11. The molecule has 2 rings (SSSR count). The van der Waals surface area contributed by atoms with Crippen molar-refractivity contribution in [2.45, 2.75) is 39.0 Å². The molecule has 0 aromatic heterocycles. The molecule has 1 aliphatic heterocycles. The van der Waals surface area contributed by atoms with E-state index < -0.39 is 6.61 Å². The number of halogens is 2. The number of benzene rings is 1. The lowest BCUT2D eigenvalue weighted by atomic mass is 10.0. The minimum absolute atomic E-state index is 0.0686. The van der Waals surface area contributed by atoms with E-state index in [2.05, 4.69) is 30.4 Å². The van der Waals surface area contributed by atoms with Crippen molar-refractivity contribution in [1.29, 1.82) is 0 Å². The van der Waals surface area contributed by atoms with Crippen LogP contribution in [0.25, 0.3) is 0 Å². The molecule has 0 bridgehead atoms. The number of ether oxygens (including phenoxy) is 2. The van der Waals surface area contributed by atoms with Gasteiger partial charge >= 0.3 is 6.61 Å². The fourth-order valence-electron chi connectivity index (χ4n) is 2.35. The largest absolute Gasteiger partial charge is 0.435 e. The third-order valence-corrected chi connectivity index (χ3v) is 3.47. The van der Waals surface area contributed by atoms with Crippen LogP contribution in [0.2, 0.25) is 0 Å². The Labute approximate surface area is 118 Å². The minimum atomic E-state index is -2.80. The summed E-state index contributed by atoms with van der Waals surface area (Å²) >= 11 is 0. The summed E-state index contributed by atoms with van der Waals surface area (Å²) in [6, 6.07) is 6.75. The van der Waals surface area contributed by atoms with E-state index in [1.807, 2.05) is 6.07 Å². The Morgan fingerprint density at radius 1 is 1.35 bits per heavy atom. The highest BCUT2D eigenvalue weighted by molar-refractivity contribution is 5.30. The molecular formula is C15H21F2NO2. The summed E-state index contributed by atoms with van der Waals surface area (Å²) in [4.78, 5) is 2.34. The summed E-state index contributed by atoms with van der Waals surface area (Å²) in [5.41, 5.74) is 0.941. The minimum Gasteiger partial charge on any atom is -0.435 e. The second-order valence-electron chi connectivity index (χ2n) is 5.93. The van der Waals surface area contributed by atoms with Gasteiger partial charge in [-0.15, -0.1) is 0 Å². The maximum absolute atomic E-state index is 12.3. The maximum atomic E-state index is 12.3. The fraction of sp³-hybridized carbons (Fsp3) is 0.600. The van der Waals surface area contributed by atoms with Crippen LogP contribution in [0.4, 0.5) is 8.78 Å². The van der Waals surface area contributed by atoms with Crippen molar-refractivity contribution in [2.75, 3.05) is 19.7 Å². The van der Waals surface area contributed by atoms with E-state index in [4.69, 9.17) is 4.74 Å². The molecule has 0 N–H and O–H groups in total. The Hall–Kier alpha value is -1.20. The Morgan fingerprint density at radius 3 is 2.75 bits per heavy atom. The Bertz CT molecular complexity index is 446. The van der Waals surface area contributed by atoms with Crippen molar-refractivity contribution in [3.8, 4) is 5.75 Å². The van der Waals surface area contributed by atoms with E-state index in [0.29, 0.717) is 6.61 Å². The summed E-state index contributed by atoms with van der Waals surface area (Å²) in [5.74, 6) is 0.175. The lowest BCUT2D eigenvalue weighted by molar-refractivity contribution is -0.0610. The van der Waals surface area contributed by atoms with E-state index in [9.17, 15) is 8.78 Å². The van der Waals surface area contributed by atoms with Crippen LogP contribution >= 0.6 is 0 Å². The number of alkyl halides is 2. The second-order valence-corrected chi connectivity index (χ2v) is 5.93. The lowest BCUT2D eigenvalue weighted by Crippen LogP contribution is -2.48. The zero-order valence-electron chi connectivity index (χ0n) is 12.1. The summed E-state index contributed by atoms with van der Waals surface area (Å²) in [6.45, 7) is 5.95. The van der Waals surface area contributed by atoms with Gasteiger partial charge in [-0.05, 0) is 38.5 Å². The highest BCUT2D eigenvalue weighted by Crippen LogP contribution is 2.28. The molecule has 3 nitrogen and oxygen atoms in total. The first-order chi connectivity index (χ1) is 9.36. The van der Waals surface area contributed by atoms with Crippen LogP contribution in [0, 0.1) is 0 Å². The van der Waals surface area contributed by atoms with Gasteiger partial charge in [0.15, 0.2) is 0 Å². The van der Waals surface area contributed by atoms with Crippen LogP contribution in [0.3, 0.4) is 0 Å². The highest BCUT2D eigenvalue weighted by Gasteiger charge is 2.29. The summed E-state index contributed by atoms with van der Waals surface area (Å²) in [6.07, 6.45) is -0.107. The van der Waals surface area contributed by atoms with E-state index in [1.54, 1.807) is 12.1 Å². The van der Waals surface area contributed by atoms with Crippen LogP contribution in [-0.2, 0) is 4.74 Å². The number of rotatable bonds is 3. The van der Waals surface area contributed by atoms with Crippen LogP contribution in [0.1, 0.15) is 32.4 Å². The predicted octanol–water partition coefficient (Wildman–Crippen LogP) is 3.46. The maximum Gasteiger partial charge on any atom is 0.387 e. The first-order valence-electron chi connectivity index (χ1n) is 6.77. The number of morpholine rings is 1. The normalized spacial score (nSPS) is 21.2. The van der Waals surface area contributed by atoms with Crippen molar-refractivity contribution in [3.05, 3.63) is 29.8 Å². The van der Waals surface area contributed by atoms with Crippen LogP contribution in [-0.4, -0.2) is 36.7 Å². The molecule has 0 aliphatic carbocycles. The van der Waals surface area contributed by atoms with Gasteiger partial charge in [0, 0.05) is 18.6 Å². The number of hydrogen-bond acceptors (Lipinski definition) is 3. The van der Waals surface area contributed by atoms with Gasteiger partial charge in [0.2, 0.25) is 0 Å².